The predicted molar refractivity (Wildman–Crippen MR) is 142 cm³/mol. The molecular formula is C25H33Cl2N3O4S. The zero-order valence-electron chi connectivity index (χ0n) is 20.7. The third-order valence-corrected chi connectivity index (χ3v) is 6.82. The molecule has 0 saturated heterocycles. The molecule has 2 aromatic carbocycles. The van der Waals surface area contributed by atoms with Gasteiger partial charge < -0.3 is 10.2 Å². The first-order valence-electron chi connectivity index (χ1n) is 11.3. The molecule has 0 saturated carbocycles. The lowest BCUT2D eigenvalue weighted by Gasteiger charge is -2.32. The van der Waals surface area contributed by atoms with Crippen LogP contribution in [-0.2, 0) is 26.2 Å². The van der Waals surface area contributed by atoms with E-state index in [2.05, 4.69) is 5.32 Å². The minimum absolute atomic E-state index is 0.0558. The zero-order valence-corrected chi connectivity index (χ0v) is 23.0. The van der Waals surface area contributed by atoms with E-state index in [1.54, 1.807) is 49.4 Å². The van der Waals surface area contributed by atoms with Crippen LogP contribution in [-0.4, -0.2) is 49.5 Å². The van der Waals surface area contributed by atoms with E-state index in [0.717, 1.165) is 11.8 Å². The summed E-state index contributed by atoms with van der Waals surface area (Å²) in [5.41, 5.74) is 0.766. The van der Waals surface area contributed by atoms with Gasteiger partial charge in [-0.3, -0.25) is 13.9 Å². The Balaban J connectivity index is 2.19. The highest BCUT2D eigenvalue weighted by Crippen LogP contribution is 2.23. The van der Waals surface area contributed by atoms with Crippen molar-refractivity contribution in [2.24, 2.45) is 0 Å². The Labute approximate surface area is 218 Å². The average Bonchev–Trinajstić information content (AvgIpc) is 2.72. The molecule has 0 aliphatic rings. The van der Waals surface area contributed by atoms with E-state index in [1.807, 2.05) is 26.8 Å². The number of sulfonamides is 1. The molecule has 0 heterocycles. The summed E-state index contributed by atoms with van der Waals surface area (Å²) in [6.07, 6.45) is 1.43. The van der Waals surface area contributed by atoms with Gasteiger partial charge >= 0.3 is 0 Å². The fourth-order valence-corrected chi connectivity index (χ4v) is 4.88. The predicted octanol–water partition coefficient (Wildman–Crippen LogP) is 4.87. The fourth-order valence-electron chi connectivity index (χ4n) is 3.52. The third-order valence-electron chi connectivity index (χ3n) is 5.16. The van der Waals surface area contributed by atoms with Crippen LogP contribution >= 0.6 is 23.2 Å². The lowest BCUT2D eigenvalue weighted by Crippen LogP contribution is -2.52. The molecule has 0 bridgehead atoms. The number of nitrogens with one attached hydrogen (secondary N) is 1. The number of amides is 2. The fraction of sp³-hybridized carbons (Fsp3) is 0.440. The van der Waals surface area contributed by atoms with Gasteiger partial charge in [-0.1, -0.05) is 41.4 Å². The summed E-state index contributed by atoms with van der Waals surface area (Å²) in [5.74, 6) is -0.536. The second-order valence-electron chi connectivity index (χ2n) is 9.49. The molecule has 0 fully saturated rings. The van der Waals surface area contributed by atoms with E-state index in [0.29, 0.717) is 15.7 Å². The Bertz CT molecular complexity index is 1150. The minimum Gasteiger partial charge on any atom is -0.350 e. The topological polar surface area (TPSA) is 86.8 Å². The molecule has 0 aliphatic heterocycles. The van der Waals surface area contributed by atoms with Crippen LogP contribution in [0.25, 0.3) is 0 Å². The summed E-state index contributed by atoms with van der Waals surface area (Å²) in [5, 5.41) is 3.86. The van der Waals surface area contributed by atoms with Crippen LogP contribution in [0.2, 0.25) is 10.0 Å². The molecule has 2 amide bonds. The molecule has 192 valence electrons. The first-order chi connectivity index (χ1) is 16.2. The molecular weight excluding hydrogens is 509 g/mol. The van der Waals surface area contributed by atoms with Gasteiger partial charge in [-0.2, -0.15) is 0 Å². The van der Waals surface area contributed by atoms with Crippen LogP contribution in [0.5, 0.6) is 0 Å². The van der Waals surface area contributed by atoms with Crippen LogP contribution < -0.4 is 9.62 Å². The molecule has 35 heavy (non-hydrogen) atoms. The molecule has 2 rings (SSSR count). The molecule has 10 heteroatoms. The second kappa shape index (κ2) is 12.1. The van der Waals surface area contributed by atoms with Gasteiger partial charge in [-0.15, -0.1) is 0 Å². The molecule has 1 N–H and O–H groups in total. The number of halogens is 2. The number of carbonyl (C=O) groups excluding carboxylic acids is 2. The molecule has 2 aromatic rings. The summed E-state index contributed by atoms with van der Waals surface area (Å²) >= 11 is 12.1. The molecule has 0 aromatic heterocycles. The molecule has 7 nitrogen and oxygen atoms in total. The smallest absolute Gasteiger partial charge is 0.242 e. The van der Waals surface area contributed by atoms with Crippen molar-refractivity contribution >= 4 is 50.7 Å². The maximum atomic E-state index is 13.3. The average molecular weight is 543 g/mol. The van der Waals surface area contributed by atoms with Crippen molar-refractivity contribution in [2.75, 3.05) is 17.1 Å². The van der Waals surface area contributed by atoms with Crippen molar-refractivity contribution in [2.45, 2.75) is 58.7 Å². The van der Waals surface area contributed by atoms with Gasteiger partial charge in [-0.05, 0) is 70.0 Å². The van der Waals surface area contributed by atoms with Crippen LogP contribution in [0.4, 0.5) is 5.69 Å². The van der Waals surface area contributed by atoms with Gasteiger partial charge in [0.25, 0.3) is 0 Å². The summed E-state index contributed by atoms with van der Waals surface area (Å²) < 4.78 is 26.0. The van der Waals surface area contributed by atoms with Crippen molar-refractivity contribution in [3.63, 3.8) is 0 Å². The lowest BCUT2D eigenvalue weighted by atomic mass is 10.1. The maximum Gasteiger partial charge on any atom is 0.242 e. The van der Waals surface area contributed by atoms with Crippen molar-refractivity contribution in [3.8, 4) is 0 Å². The van der Waals surface area contributed by atoms with Crippen LogP contribution in [0.15, 0.2) is 48.5 Å². The van der Waals surface area contributed by atoms with E-state index in [1.165, 1.54) is 9.21 Å². The van der Waals surface area contributed by atoms with E-state index < -0.39 is 21.6 Å². The van der Waals surface area contributed by atoms with E-state index in [-0.39, 0.29) is 37.7 Å². The minimum atomic E-state index is -3.59. The Hall–Kier alpha value is -2.29. The monoisotopic (exact) mass is 541 g/mol. The number of anilines is 1. The Morgan fingerprint density at radius 2 is 1.63 bits per heavy atom. The van der Waals surface area contributed by atoms with Crippen molar-refractivity contribution < 1.29 is 18.0 Å². The van der Waals surface area contributed by atoms with Gasteiger partial charge in [0.05, 0.1) is 11.9 Å². The number of hydrogen-bond acceptors (Lipinski definition) is 4. The first-order valence-corrected chi connectivity index (χ1v) is 13.9. The summed E-state index contributed by atoms with van der Waals surface area (Å²) in [6, 6.07) is 12.9. The first kappa shape index (κ1) is 28.9. The maximum absolute atomic E-state index is 13.3. The zero-order chi connectivity index (χ0) is 26.4. The van der Waals surface area contributed by atoms with E-state index in [9.17, 15) is 18.0 Å². The second-order valence-corrected chi connectivity index (χ2v) is 12.3. The number of nitrogens with zero attached hydrogens (tertiary/aromatic N) is 2. The number of benzene rings is 2. The highest BCUT2D eigenvalue weighted by Gasteiger charge is 2.28. The number of rotatable bonds is 10. The van der Waals surface area contributed by atoms with Crippen LogP contribution in [0, 0.1) is 0 Å². The molecule has 0 unspecified atom stereocenters. The molecule has 0 aliphatic carbocycles. The Morgan fingerprint density at radius 1 is 1.03 bits per heavy atom. The Morgan fingerprint density at radius 3 is 2.17 bits per heavy atom. The largest absolute Gasteiger partial charge is 0.350 e. The van der Waals surface area contributed by atoms with Crippen molar-refractivity contribution in [1.82, 2.24) is 10.2 Å². The summed E-state index contributed by atoms with van der Waals surface area (Å²) in [4.78, 5) is 27.6. The van der Waals surface area contributed by atoms with Gasteiger partial charge in [0.2, 0.25) is 21.8 Å². The third kappa shape index (κ3) is 9.35. The molecule has 0 spiro atoms. The van der Waals surface area contributed by atoms with Crippen LogP contribution in [0.3, 0.4) is 0 Å². The lowest BCUT2D eigenvalue weighted by molar-refractivity contribution is -0.141. The number of carbonyl (C=O) groups is 2. The van der Waals surface area contributed by atoms with E-state index in [4.69, 9.17) is 23.2 Å². The number of hydrogen-bond donors (Lipinski definition) is 1. The quantitative estimate of drug-likeness (QED) is 0.464. The SMILES string of the molecule is C[C@H](C(=O)NC(C)(C)C)N(Cc1cccc(Cl)c1)C(=O)CCCN(c1cccc(Cl)c1)S(C)(=O)=O. The van der Waals surface area contributed by atoms with Gasteiger partial charge in [0.15, 0.2) is 0 Å². The summed E-state index contributed by atoms with van der Waals surface area (Å²) in [7, 11) is -3.59. The molecule has 0 radical (unpaired) electrons. The van der Waals surface area contributed by atoms with E-state index >= 15 is 0 Å². The summed E-state index contributed by atoms with van der Waals surface area (Å²) in [6.45, 7) is 7.59. The molecule has 1 atom stereocenters. The van der Waals surface area contributed by atoms with Crippen molar-refractivity contribution in [1.29, 1.82) is 0 Å². The highest BCUT2D eigenvalue weighted by molar-refractivity contribution is 7.92. The van der Waals surface area contributed by atoms with Gasteiger partial charge in [0.1, 0.15) is 6.04 Å². The normalized spacial score (nSPS) is 12.7. The standard InChI is InChI=1S/C25H33Cl2N3O4S/c1-18(24(32)28-25(2,3)4)29(17-19-9-6-10-20(26)15-19)23(31)13-8-14-30(35(5,33)34)22-12-7-11-21(27)16-22/h6-7,9-12,15-16,18H,8,13-14,17H2,1-5H3,(H,28,32)/t18-/m1/s1. The Kier molecular flexibility index (Phi) is 10.0. The van der Waals surface area contributed by atoms with Crippen molar-refractivity contribution in [3.05, 3.63) is 64.1 Å². The van der Waals surface area contributed by atoms with Gasteiger partial charge in [0, 0.05) is 35.1 Å². The highest BCUT2D eigenvalue weighted by atomic mass is 35.5. The van der Waals surface area contributed by atoms with Crippen LogP contribution in [0.1, 0.15) is 46.1 Å². The van der Waals surface area contributed by atoms with Gasteiger partial charge in [-0.25, -0.2) is 8.42 Å².